The van der Waals surface area contributed by atoms with Crippen molar-refractivity contribution >= 4 is 33.1 Å². The van der Waals surface area contributed by atoms with Gasteiger partial charge in [-0.25, -0.2) is 8.42 Å². The van der Waals surface area contributed by atoms with Gasteiger partial charge in [0.05, 0.1) is 11.4 Å². The average Bonchev–Trinajstić information content (AvgIpc) is 3.22. The number of nitrogens with two attached hydrogens (primary N) is 1. The van der Waals surface area contributed by atoms with Crippen LogP contribution < -0.4 is 11.1 Å². The molecule has 3 N–H and O–H groups in total. The van der Waals surface area contributed by atoms with Crippen molar-refractivity contribution in [1.82, 2.24) is 9.62 Å². The number of amides is 1. The first-order valence-corrected chi connectivity index (χ1v) is 8.31. The van der Waals surface area contributed by atoms with Gasteiger partial charge in [0.25, 0.3) is 0 Å². The number of nitrogens with one attached hydrogen (secondary N) is 1. The van der Waals surface area contributed by atoms with Gasteiger partial charge in [-0.05, 0) is 25.0 Å². The Morgan fingerprint density at radius 1 is 1.48 bits per heavy atom. The molecule has 1 aliphatic rings. The number of carbonyl (C=O) groups is 1. The number of carbonyl (C=O) groups excluding carboxylic acids is 1. The Bertz CT molecular complexity index is 669. The number of hydrogen-bond acceptors (Lipinski definition) is 4. The third-order valence-corrected chi connectivity index (χ3v) is 5.17. The molecule has 0 radical (unpaired) electrons. The summed E-state index contributed by atoms with van der Waals surface area (Å²) in [6, 6.07) is 6.27. The van der Waals surface area contributed by atoms with Crippen molar-refractivity contribution in [3.8, 4) is 0 Å². The van der Waals surface area contributed by atoms with Crippen LogP contribution in [0.15, 0.2) is 29.2 Å². The van der Waals surface area contributed by atoms with E-state index < -0.39 is 10.0 Å². The molecule has 0 unspecified atom stereocenters. The molecule has 1 amide bonds. The second kappa shape index (κ2) is 6.08. The first-order chi connectivity index (χ1) is 9.80. The van der Waals surface area contributed by atoms with Gasteiger partial charge in [-0.1, -0.05) is 24.4 Å². The number of likely N-dealkylation sites (N-methyl/N-ethyl adjacent to an activating group) is 1. The van der Waals surface area contributed by atoms with Crippen molar-refractivity contribution in [2.75, 3.05) is 13.6 Å². The van der Waals surface area contributed by atoms with Crippen LogP contribution in [0.3, 0.4) is 0 Å². The van der Waals surface area contributed by atoms with E-state index >= 15 is 0 Å². The van der Waals surface area contributed by atoms with E-state index in [0.717, 1.165) is 17.1 Å². The molecule has 21 heavy (non-hydrogen) atoms. The molecule has 2 rings (SSSR count). The van der Waals surface area contributed by atoms with Crippen LogP contribution in [0.4, 0.5) is 0 Å². The van der Waals surface area contributed by atoms with E-state index in [1.165, 1.54) is 19.2 Å². The Morgan fingerprint density at radius 3 is 2.71 bits per heavy atom. The number of rotatable bonds is 6. The zero-order chi connectivity index (χ0) is 15.6. The number of nitrogens with zero attached hydrogens (tertiary/aromatic N) is 1. The first-order valence-electron chi connectivity index (χ1n) is 6.46. The highest BCUT2D eigenvalue weighted by Crippen LogP contribution is 2.19. The van der Waals surface area contributed by atoms with Crippen molar-refractivity contribution in [2.45, 2.75) is 23.8 Å². The van der Waals surface area contributed by atoms with E-state index in [4.69, 9.17) is 18.0 Å². The van der Waals surface area contributed by atoms with Gasteiger partial charge in [0.15, 0.2) is 0 Å². The zero-order valence-electron chi connectivity index (χ0n) is 11.6. The van der Waals surface area contributed by atoms with Crippen molar-refractivity contribution in [3.63, 3.8) is 0 Å². The van der Waals surface area contributed by atoms with E-state index in [1.807, 2.05) is 0 Å². The average molecular weight is 327 g/mol. The molecule has 114 valence electrons. The van der Waals surface area contributed by atoms with Crippen molar-refractivity contribution in [3.05, 3.63) is 29.8 Å². The van der Waals surface area contributed by atoms with Crippen LogP contribution >= 0.6 is 12.2 Å². The van der Waals surface area contributed by atoms with E-state index in [9.17, 15) is 13.2 Å². The molecule has 0 atom stereocenters. The molecule has 0 bridgehead atoms. The van der Waals surface area contributed by atoms with Crippen molar-refractivity contribution in [2.24, 2.45) is 5.73 Å². The van der Waals surface area contributed by atoms with E-state index in [2.05, 4.69) is 5.32 Å². The maximum Gasteiger partial charge on any atom is 0.243 e. The fourth-order valence-corrected chi connectivity index (χ4v) is 3.08. The number of hydrogen-bond donors (Lipinski definition) is 2. The summed E-state index contributed by atoms with van der Waals surface area (Å²) in [5.74, 6) is -0.297. The van der Waals surface area contributed by atoms with Crippen LogP contribution in [0.25, 0.3) is 0 Å². The van der Waals surface area contributed by atoms with E-state index in [0.29, 0.717) is 5.56 Å². The van der Waals surface area contributed by atoms with Gasteiger partial charge in [0.1, 0.15) is 4.99 Å². The summed E-state index contributed by atoms with van der Waals surface area (Å²) in [4.78, 5) is 11.9. The highest BCUT2D eigenvalue weighted by molar-refractivity contribution is 7.89. The minimum Gasteiger partial charge on any atom is -0.389 e. The largest absolute Gasteiger partial charge is 0.389 e. The maximum absolute atomic E-state index is 12.4. The minimum absolute atomic E-state index is 0.0644. The van der Waals surface area contributed by atoms with Crippen molar-refractivity contribution in [1.29, 1.82) is 0 Å². The highest BCUT2D eigenvalue weighted by atomic mass is 32.2. The molecule has 6 nitrogen and oxygen atoms in total. The summed E-state index contributed by atoms with van der Waals surface area (Å²) >= 11 is 4.84. The lowest BCUT2D eigenvalue weighted by atomic mass is 10.2. The normalized spacial score (nSPS) is 15.0. The molecule has 0 heterocycles. The second-order valence-electron chi connectivity index (χ2n) is 4.99. The van der Waals surface area contributed by atoms with Gasteiger partial charge < -0.3 is 11.1 Å². The summed E-state index contributed by atoms with van der Waals surface area (Å²) in [7, 11) is -2.38. The molecular formula is C13H17N3O3S2. The molecule has 0 aromatic heterocycles. The number of thiocarbonyl (C=S) groups is 1. The summed E-state index contributed by atoms with van der Waals surface area (Å²) < 4.78 is 25.8. The lowest BCUT2D eigenvalue weighted by Crippen LogP contribution is -2.39. The summed E-state index contributed by atoms with van der Waals surface area (Å²) in [6.07, 6.45) is 1.91. The van der Waals surface area contributed by atoms with Gasteiger partial charge in [0, 0.05) is 18.7 Å². The van der Waals surface area contributed by atoms with Crippen LogP contribution in [-0.2, 0) is 14.8 Å². The Kier molecular flexibility index (Phi) is 4.60. The zero-order valence-corrected chi connectivity index (χ0v) is 13.2. The number of benzene rings is 1. The molecule has 0 aliphatic heterocycles. The topological polar surface area (TPSA) is 92.5 Å². The quantitative estimate of drug-likeness (QED) is 0.729. The lowest BCUT2D eigenvalue weighted by Gasteiger charge is -2.17. The number of sulfonamides is 1. The van der Waals surface area contributed by atoms with Crippen LogP contribution in [0.5, 0.6) is 0 Å². The summed E-state index contributed by atoms with van der Waals surface area (Å²) in [5, 5.41) is 2.75. The third kappa shape index (κ3) is 3.99. The Morgan fingerprint density at radius 2 is 2.14 bits per heavy atom. The molecule has 0 saturated heterocycles. The molecule has 1 aromatic carbocycles. The van der Waals surface area contributed by atoms with Crippen LogP contribution in [-0.4, -0.2) is 43.3 Å². The minimum atomic E-state index is -3.75. The lowest BCUT2D eigenvalue weighted by molar-refractivity contribution is -0.121. The molecule has 0 spiro atoms. The van der Waals surface area contributed by atoms with Crippen LogP contribution in [0.1, 0.15) is 18.4 Å². The van der Waals surface area contributed by atoms with Crippen molar-refractivity contribution < 1.29 is 13.2 Å². The highest BCUT2D eigenvalue weighted by Gasteiger charge is 2.27. The van der Waals surface area contributed by atoms with Gasteiger partial charge in [-0.2, -0.15) is 4.31 Å². The Hall–Kier alpha value is -1.51. The van der Waals surface area contributed by atoms with Gasteiger partial charge in [0.2, 0.25) is 15.9 Å². The summed E-state index contributed by atoms with van der Waals surface area (Å²) in [6.45, 7) is -0.212. The second-order valence-corrected chi connectivity index (χ2v) is 7.48. The van der Waals surface area contributed by atoms with E-state index in [-0.39, 0.29) is 28.4 Å². The Balaban J connectivity index is 2.13. The molecule has 8 heteroatoms. The maximum atomic E-state index is 12.4. The smallest absolute Gasteiger partial charge is 0.243 e. The molecular weight excluding hydrogens is 310 g/mol. The fraction of sp³-hybridized carbons (Fsp3) is 0.385. The third-order valence-electron chi connectivity index (χ3n) is 3.14. The predicted molar refractivity (Wildman–Crippen MR) is 83.3 cm³/mol. The summed E-state index contributed by atoms with van der Waals surface area (Å²) in [5.41, 5.74) is 5.98. The van der Waals surface area contributed by atoms with Gasteiger partial charge in [-0.15, -0.1) is 0 Å². The van der Waals surface area contributed by atoms with Gasteiger partial charge >= 0.3 is 0 Å². The SMILES string of the molecule is CN(CC(=O)NC1CC1)S(=O)(=O)c1cccc(C(N)=S)c1. The fourth-order valence-electron chi connectivity index (χ4n) is 1.78. The van der Waals surface area contributed by atoms with Gasteiger partial charge in [-0.3, -0.25) is 4.79 Å². The first kappa shape index (κ1) is 15.9. The monoisotopic (exact) mass is 327 g/mol. The molecule has 1 aliphatic carbocycles. The molecule has 1 saturated carbocycles. The van der Waals surface area contributed by atoms with Crippen LogP contribution in [0.2, 0.25) is 0 Å². The standard InChI is InChI=1S/C13H17N3O3S2/c1-16(8-12(17)15-10-5-6-10)21(18,19)11-4-2-3-9(7-11)13(14)20/h2-4,7,10H,5-6,8H2,1H3,(H2,14,20)(H,15,17). The van der Waals surface area contributed by atoms with E-state index in [1.54, 1.807) is 12.1 Å². The molecule has 1 fully saturated rings. The Labute approximate surface area is 129 Å². The van der Waals surface area contributed by atoms with Crippen LogP contribution in [0, 0.1) is 0 Å². The molecule has 1 aromatic rings. The predicted octanol–water partition coefficient (Wildman–Crippen LogP) is 0.220.